The minimum atomic E-state index is 0.423. The molecule has 0 aliphatic carbocycles. The number of rotatable bonds is 4. The predicted molar refractivity (Wildman–Crippen MR) is 70.8 cm³/mol. The topological polar surface area (TPSA) is 18.5 Å². The van der Waals surface area contributed by atoms with Crippen LogP contribution in [0.1, 0.15) is 18.4 Å². The van der Waals surface area contributed by atoms with E-state index in [9.17, 15) is 0 Å². The Balaban J connectivity index is 2.37. The predicted octanol–water partition coefficient (Wildman–Crippen LogP) is 3.60. The molecule has 0 amide bonds. The zero-order valence-electron chi connectivity index (χ0n) is 10.6. The maximum atomic E-state index is 5.22. The van der Waals surface area contributed by atoms with Crippen LogP contribution < -0.4 is 4.74 Å². The molecule has 2 rings (SSSR count). The molecule has 2 aromatic carbocycles. The van der Waals surface area contributed by atoms with Crippen molar-refractivity contribution in [3.05, 3.63) is 42.0 Å². The van der Waals surface area contributed by atoms with Crippen LogP contribution in [-0.2, 0) is 4.74 Å². The number of ether oxygens (including phenoxy) is 2. The summed E-state index contributed by atoms with van der Waals surface area (Å²) in [4.78, 5) is 0. The van der Waals surface area contributed by atoms with Crippen molar-refractivity contribution in [1.82, 2.24) is 0 Å². The highest BCUT2D eigenvalue weighted by Crippen LogP contribution is 2.25. The Bertz CT molecular complexity index is 505. The minimum Gasteiger partial charge on any atom is -0.497 e. The largest absolute Gasteiger partial charge is 0.497 e. The molecule has 1 atom stereocenters. The van der Waals surface area contributed by atoms with Crippen molar-refractivity contribution in [2.24, 2.45) is 0 Å². The highest BCUT2D eigenvalue weighted by atomic mass is 16.5. The van der Waals surface area contributed by atoms with Crippen molar-refractivity contribution < 1.29 is 9.47 Å². The van der Waals surface area contributed by atoms with Crippen molar-refractivity contribution in [3.63, 3.8) is 0 Å². The van der Waals surface area contributed by atoms with E-state index in [4.69, 9.17) is 9.47 Å². The highest BCUT2D eigenvalue weighted by Gasteiger charge is 2.06. The minimum absolute atomic E-state index is 0.423. The van der Waals surface area contributed by atoms with Gasteiger partial charge in [-0.05, 0) is 28.5 Å². The number of hydrogen-bond acceptors (Lipinski definition) is 2. The molecule has 0 unspecified atom stereocenters. The van der Waals surface area contributed by atoms with Gasteiger partial charge >= 0.3 is 0 Å². The Morgan fingerprint density at radius 2 is 1.71 bits per heavy atom. The molecule has 0 heterocycles. The summed E-state index contributed by atoms with van der Waals surface area (Å²) in [5.41, 5.74) is 1.31. The first-order valence-corrected chi connectivity index (χ1v) is 5.81. The van der Waals surface area contributed by atoms with Crippen LogP contribution in [0.4, 0.5) is 0 Å². The SMILES string of the molecule is COC[C@@H](C)c1ccc2cc(OC)ccc2c1. The maximum Gasteiger partial charge on any atom is 0.119 e. The lowest BCUT2D eigenvalue weighted by Gasteiger charge is -2.12. The van der Waals surface area contributed by atoms with Gasteiger partial charge in [0.1, 0.15) is 5.75 Å². The summed E-state index contributed by atoms with van der Waals surface area (Å²) >= 11 is 0. The molecule has 0 aromatic heterocycles. The smallest absolute Gasteiger partial charge is 0.119 e. The van der Waals surface area contributed by atoms with Gasteiger partial charge in [0, 0.05) is 13.0 Å². The molecular weight excluding hydrogens is 212 g/mol. The van der Waals surface area contributed by atoms with Gasteiger partial charge in [0.2, 0.25) is 0 Å². The Hall–Kier alpha value is -1.54. The van der Waals surface area contributed by atoms with E-state index in [0.717, 1.165) is 12.4 Å². The molecule has 2 aromatic rings. The Morgan fingerprint density at radius 1 is 1.00 bits per heavy atom. The van der Waals surface area contributed by atoms with E-state index in [-0.39, 0.29) is 0 Å². The fraction of sp³-hybridized carbons (Fsp3) is 0.333. The summed E-state index contributed by atoms with van der Waals surface area (Å²) in [5.74, 6) is 1.32. The van der Waals surface area contributed by atoms with Crippen LogP contribution in [0.2, 0.25) is 0 Å². The second-order valence-electron chi connectivity index (χ2n) is 4.33. The molecule has 0 spiro atoms. The van der Waals surface area contributed by atoms with E-state index >= 15 is 0 Å². The molecule has 2 nitrogen and oxygen atoms in total. The van der Waals surface area contributed by atoms with Gasteiger partial charge in [-0.3, -0.25) is 0 Å². The molecular formula is C15H18O2. The standard InChI is InChI=1S/C15H18O2/c1-11(10-16-2)12-4-5-14-9-15(17-3)7-6-13(14)8-12/h4-9,11H,10H2,1-3H3/t11-/m1/s1. The highest BCUT2D eigenvalue weighted by molar-refractivity contribution is 5.84. The lowest BCUT2D eigenvalue weighted by molar-refractivity contribution is 0.184. The van der Waals surface area contributed by atoms with E-state index < -0.39 is 0 Å². The normalized spacial score (nSPS) is 12.6. The lowest BCUT2D eigenvalue weighted by atomic mass is 9.98. The second-order valence-corrected chi connectivity index (χ2v) is 4.33. The van der Waals surface area contributed by atoms with Gasteiger partial charge in [0.25, 0.3) is 0 Å². The molecule has 0 saturated heterocycles. The number of methoxy groups -OCH3 is 2. The first-order chi connectivity index (χ1) is 8.24. The Morgan fingerprint density at radius 3 is 2.41 bits per heavy atom. The third-order valence-electron chi connectivity index (χ3n) is 3.06. The van der Waals surface area contributed by atoms with Gasteiger partial charge in [-0.15, -0.1) is 0 Å². The van der Waals surface area contributed by atoms with Gasteiger partial charge in [-0.2, -0.15) is 0 Å². The molecule has 17 heavy (non-hydrogen) atoms. The van der Waals surface area contributed by atoms with Crippen molar-refractivity contribution in [3.8, 4) is 5.75 Å². The van der Waals surface area contributed by atoms with Crippen molar-refractivity contribution >= 4 is 10.8 Å². The Kier molecular flexibility index (Phi) is 3.64. The third kappa shape index (κ3) is 2.59. The third-order valence-corrected chi connectivity index (χ3v) is 3.06. The van der Waals surface area contributed by atoms with Crippen LogP contribution in [0.15, 0.2) is 36.4 Å². The summed E-state index contributed by atoms with van der Waals surface area (Å²) < 4.78 is 10.4. The van der Waals surface area contributed by atoms with E-state index in [1.165, 1.54) is 16.3 Å². The monoisotopic (exact) mass is 230 g/mol. The molecule has 0 aliphatic heterocycles. The summed E-state index contributed by atoms with van der Waals surface area (Å²) in [6.45, 7) is 2.93. The first-order valence-electron chi connectivity index (χ1n) is 5.81. The lowest BCUT2D eigenvalue weighted by Crippen LogP contribution is -2.01. The zero-order chi connectivity index (χ0) is 12.3. The molecule has 0 aliphatic rings. The van der Waals surface area contributed by atoms with E-state index in [0.29, 0.717) is 5.92 Å². The van der Waals surface area contributed by atoms with Crippen molar-refractivity contribution in [2.75, 3.05) is 20.8 Å². The summed E-state index contributed by atoms with van der Waals surface area (Å²) in [7, 11) is 3.43. The number of benzene rings is 2. The average Bonchev–Trinajstić information content (AvgIpc) is 2.37. The number of fused-ring (bicyclic) bond motifs is 1. The molecule has 90 valence electrons. The van der Waals surface area contributed by atoms with Gasteiger partial charge < -0.3 is 9.47 Å². The molecule has 0 fully saturated rings. The molecule has 0 bridgehead atoms. The van der Waals surface area contributed by atoms with E-state index in [2.05, 4.69) is 37.3 Å². The van der Waals surface area contributed by atoms with Crippen molar-refractivity contribution in [1.29, 1.82) is 0 Å². The van der Waals surface area contributed by atoms with Gasteiger partial charge in [-0.25, -0.2) is 0 Å². The van der Waals surface area contributed by atoms with E-state index in [1.54, 1.807) is 14.2 Å². The fourth-order valence-corrected chi connectivity index (χ4v) is 2.02. The van der Waals surface area contributed by atoms with Crippen LogP contribution in [0.5, 0.6) is 5.75 Å². The van der Waals surface area contributed by atoms with E-state index in [1.807, 2.05) is 6.07 Å². The van der Waals surface area contributed by atoms with Crippen molar-refractivity contribution in [2.45, 2.75) is 12.8 Å². The molecule has 0 radical (unpaired) electrons. The quantitative estimate of drug-likeness (QED) is 0.799. The van der Waals surface area contributed by atoms with Crippen LogP contribution in [0.25, 0.3) is 10.8 Å². The van der Waals surface area contributed by atoms with Crippen LogP contribution in [0.3, 0.4) is 0 Å². The second kappa shape index (κ2) is 5.19. The molecule has 2 heteroatoms. The maximum absolute atomic E-state index is 5.22. The molecule has 0 saturated carbocycles. The van der Waals surface area contributed by atoms with Crippen LogP contribution in [0, 0.1) is 0 Å². The van der Waals surface area contributed by atoms with Gasteiger partial charge in [-0.1, -0.05) is 31.2 Å². The fourth-order valence-electron chi connectivity index (χ4n) is 2.02. The van der Waals surface area contributed by atoms with Gasteiger partial charge in [0.05, 0.1) is 13.7 Å². The van der Waals surface area contributed by atoms with Crippen LogP contribution in [-0.4, -0.2) is 20.8 Å². The summed E-state index contributed by atoms with van der Waals surface area (Å²) in [6, 6.07) is 12.7. The average molecular weight is 230 g/mol. The molecule has 0 N–H and O–H groups in total. The summed E-state index contributed by atoms with van der Waals surface area (Å²) in [5, 5.41) is 2.45. The van der Waals surface area contributed by atoms with Crippen LogP contribution >= 0.6 is 0 Å². The Labute approximate surface area is 102 Å². The number of hydrogen-bond donors (Lipinski definition) is 0. The zero-order valence-corrected chi connectivity index (χ0v) is 10.6. The van der Waals surface area contributed by atoms with Gasteiger partial charge in [0.15, 0.2) is 0 Å². The first kappa shape index (κ1) is 11.9. The summed E-state index contributed by atoms with van der Waals surface area (Å²) in [6.07, 6.45) is 0.